The zero-order valence-electron chi connectivity index (χ0n) is 15.3. The number of amides is 1. The molecule has 2 aromatic carbocycles. The van der Waals surface area contributed by atoms with Crippen molar-refractivity contribution in [2.24, 2.45) is 0 Å². The molecule has 0 unspecified atom stereocenters. The van der Waals surface area contributed by atoms with E-state index >= 15 is 0 Å². The van der Waals surface area contributed by atoms with Crippen molar-refractivity contribution >= 4 is 27.7 Å². The third-order valence-electron chi connectivity index (χ3n) is 4.84. The van der Waals surface area contributed by atoms with Gasteiger partial charge in [-0.1, -0.05) is 18.2 Å². The summed E-state index contributed by atoms with van der Waals surface area (Å²) in [4.78, 5) is 15.6. The molecule has 0 saturated heterocycles. The van der Waals surface area contributed by atoms with Gasteiger partial charge in [-0.3, -0.25) is 15.0 Å². The number of para-hydroxylation sites is 1. The monoisotopic (exact) mass is 375 g/mol. The number of ether oxygens (including phenoxy) is 1. The molecular weight excluding hydrogens is 354 g/mol. The Labute approximate surface area is 162 Å². The van der Waals surface area contributed by atoms with E-state index < -0.39 is 5.91 Å². The molecule has 0 aliphatic carbocycles. The maximum atomic E-state index is 11.3. The van der Waals surface area contributed by atoms with Crippen molar-refractivity contribution in [1.29, 1.82) is 0 Å². The summed E-state index contributed by atoms with van der Waals surface area (Å²) in [6.07, 6.45) is 5.65. The summed E-state index contributed by atoms with van der Waals surface area (Å²) >= 11 is 0. The minimum absolute atomic E-state index is 0.384. The Kier molecular flexibility index (Phi) is 5.21. The number of aryl methyl sites for hydroxylation is 1. The molecule has 2 heterocycles. The van der Waals surface area contributed by atoms with Crippen molar-refractivity contribution in [2.45, 2.75) is 19.4 Å². The van der Waals surface area contributed by atoms with Gasteiger partial charge in [0.1, 0.15) is 5.75 Å². The van der Waals surface area contributed by atoms with Gasteiger partial charge in [0, 0.05) is 34.6 Å². The van der Waals surface area contributed by atoms with E-state index in [-0.39, 0.29) is 0 Å². The number of rotatable bonds is 7. The van der Waals surface area contributed by atoms with Crippen LogP contribution < -0.4 is 10.2 Å². The van der Waals surface area contributed by atoms with Crippen LogP contribution in [0.2, 0.25) is 0 Å². The van der Waals surface area contributed by atoms with E-state index in [0.717, 1.165) is 24.9 Å². The van der Waals surface area contributed by atoms with E-state index in [0.29, 0.717) is 17.9 Å². The van der Waals surface area contributed by atoms with E-state index in [1.54, 1.807) is 29.7 Å². The molecule has 0 fully saturated rings. The van der Waals surface area contributed by atoms with Crippen LogP contribution in [0.5, 0.6) is 5.75 Å². The number of carbonyl (C=O) groups excluding carboxylic acids is 1. The van der Waals surface area contributed by atoms with Crippen LogP contribution in [0.3, 0.4) is 0 Å². The zero-order valence-corrected chi connectivity index (χ0v) is 15.3. The maximum Gasteiger partial charge on any atom is 0.274 e. The smallest absolute Gasteiger partial charge is 0.274 e. The number of hydrogen-bond acceptors (Lipinski definition) is 4. The molecule has 142 valence electrons. The van der Waals surface area contributed by atoms with Crippen molar-refractivity contribution < 1.29 is 14.7 Å². The van der Waals surface area contributed by atoms with Crippen molar-refractivity contribution in [3.05, 3.63) is 72.6 Å². The minimum Gasteiger partial charge on any atom is -0.494 e. The van der Waals surface area contributed by atoms with Crippen LogP contribution in [-0.4, -0.2) is 27.3 Å². The van der Waals surface area contributed by atoms with Crippen LogP contribution in [0.1, 0.15) is 23.2 Å². The summed E-state index contributed by atoms with van der Waals surface area (Å²) < 4.78 is 8.07. The molecule has 4 aromatic rings. The van der Waals surface area contributed by atoms with Gasteiger partial charge in [-0.15, -0.1) is 0 Å². The predicted molar refractivity (Wildman–Crippen MR) is 108 cm³/mol. The van der Waals surface area contributed by atoms with Crippen LogP contribution in [0.25, 0.3) is 21.8 Å². The first-order chi connectivity index (χ1) is 13.8. The molecule has 4 rings (SSSR count). The second kappa shape index (κ2) is 8.10. The fourth-order valence-corrected chi connectivity index (χ4v) is 3.47. The Morgan fingerprint density at radius 2 is 1.79 bits per heavy atom. The van der Waals surface area contributed by atoms with Gasteiger partial charge in [0.05, 0.1) is 18.3 Å². The van der Waals surface area contributed by atoms with Crippen LogP contribution in [0.15, 0.2) is 67.0 Å². The molecule has 0 saturated carbocycles. The average Bonchev–Trinajstić information content (AvgIpc) is 3.07. The van der Waals surface area contributed by atoms with Crippen molar-refractivity contribution in [2.75, 3.05) is 6.61 Å². The van der Waals surface area contributed by atoms with E-state index in [9.17, 15) is 4.79 Å². The summed E-state index contributed by atoms with van der Waals surface area (Å²) in [6, 6.07) is 17.2. The second-order valence-corrected chi connectivity index (χ2v) is 6.58. The Morgan fingerprint density at radius 1 is 1.00 bits per heavy atom. The van der Waals surface area contributed by atoms with E-state index in [1.165, 1.54) is 16.3 Å². The van der Waals surface area contributed by atoms with E-state index in [2.05, 4.69) is 39.9 Å². The Bertz CT molecular complexity index is 1050. The van der Waals surface area contributed by atoms with Crippen molar-refractivity contribution in [3.8, 4) is 5.75 Å². The molecule has 0 spiro atoms. The fourth-order valence-electron chi connectivity index (χ4n) is 3.47. The van der Waals surface area contributed by atoms with Gasteiger partial charge < -0.3 is 9.30 Å². The first-order valence-corrected chi connectivity index (χ1v) is 9.26. The first kappa shape index (κ1) is 18.0. The average molecular weight is 375 g/mol. The third-order valence-corrected chi connectivity index (χ3v) is 4.84. The van der Waals surface area contributed by atoms with Gasteiger partial charge >= 0.3 is 0 Å². The molecule has 2 N–H and O–H groups in total. The molecule has 1 amide bonds. The van der Waals surface area contributed by atoms with Gasteiger partial charge in [-0.05, 0) is 49.2 Å². The number of nitrogens with zero attached hydrogens (tertiary/aromatic N) is 2. The fraction of sp³-hybridized carbons (Fsp3) is 0.182. The Balaban J connectivity index is 1.36. The molecule has 0 bridgehead atoms. The van der Waals surface area contributed by atoms with E-state index in [1.807, 2.05) is 12.4 Å². The highest BCUT2D eigenvalue weighted by Crippen LogP contribution is 2.28. The summed E-state index contributed by atoms with van der Waals surface area (Å²) in [7, 11) is 0. The number of pyridine rings is 1. The highest BCUT2D eigenvalue weighted by molar-refractivity contribution is 6.07. The van der Waals surface area contributed by atoms with Crippen LogP contribution in [-0.2, 0) is 6.54 Å². The lowest BCUT2D eigenvalue weighted by molar-refractivity contribution is 0.0706. The SMILES string of the molecule is O=C(NO)c1ccc(OCCCCn2c3ccccc3c3ccncc32)cc1. The largest absolute Gasteiger partial charge is 0.494 e. The topological polar surface area (TPSA) is 76.4 Å². The maximum absolute atomic E-state index is 11.3. The highest BCUT2D eigenvalue weighted by atomic mass is 16.5. The van der Waals surface area contributed by atoms with Gasteiger partial charge in [0.2, 0.25) is 0 Å². The molecule has 0 radical (unpaired) electrons. The number of fused-ring (bicyclic) bond motifs is 3. The number of benzene rings is 2. The van der Waals surface area contributed by atoms with Gasteiger partial charge in [0.25, 0.3) is 5.91 Å². The lowest BCUT2D eigenvalue weighted by Gasteiger charge is -2.09. The Morgan fingerprint density at radius 3 is 2.61 bits per heavy atom. The first-order valence-electron chi connectivity index (χ1n) is 9.26. The molecule has 6 nitrogen and oxygen atoms in total. The predicted octanol–water partition coefficient (Wildman–Crippen LogP) is 4.17. The number of nitrogens with one attached hydrogen (secondary N) is 1. The molecule has 6 heteroatoms. The summed E-state index contributed by atoms with van der Waals surface area (Å²) in [5.41, 5.74) is 4.38. The van der Waals surface area contributed by atoms with Crippen LogP contribution >= 0.6 is 0 Å². The second-order valence-electron chi connectivity index (χ2n) is 6.58. The number of unbranched alkanes of at least 4 members (excludes halogenated alkanes) is 1. The quantitative estimate of drug-likeness (QED) is 0.289. The normalized spacial score (nSPS) is 11.0. The van der Waals surface area contributed by atoms with E-state index in [4.69, 9.17) is 9.94 Å². The zero-order chi connectivity index (χ0) is 19.3. The van der Waals surface area contributed by atoms with Crippen LogP contribution in [0.4, 0.5) is 0 Å². The Hall–Kier alpha value is -3.38. The van der Waals surface area contributed by atoms with Crippen molar-refractivity contribution in [3.63, 3.8) is 0 Å². The van der Waals surface area contributed by atoms with Gasteiger partial charge in [0.15, 0.2) is 0 Å². The molecule has 2 aromatic heterocycles. The summed E-state index contributed by atoms with van der Waals surface area (Å²) in [6.45, 7) is 1.50. The van der Waals surface area contributed by atoms with Crippen LogP contribution in [0, 0.1) is 0 Å². The van der Waals surface area contributed by atoms with Crippen molar-refractivity contribution in [1.82, 2.24) is 15.0 Å². The lowest BCUT2D eigenvalue weighted by Crippen LogP contribution is -2.18. The standard InChI is InChI=1S/C22H21N3O3/c26-22(24-27)16-7-9-17(10-8-16)28-14-4-3-13-25-20-6-2-1-5-18(20)19-11-12-23-15-21(19)25/h1-2,5-12,15,27H,3-4,13-14H2,(H,24,26). The summed E-state index contributed by atoms with van der Waals surface area (Å²) in [5.74, 6) is 0.169. The van der Waals surface area contributed by atoms with Gasteiger partial charge in [-0.2, -0.15) is 0 Å². The molecule has 0 aliphatic rings. The number of aromatic nitrogens is 2. The molecule has 28 heavy (non-hydrogen) atoms. The van der Waals surface area contributed by atoms with Gasteiger partial charge in [-0.25, -0.2) is 5.48 Å². The number of hydrogen-bond donors (Lipinski definition) is 2. The third kappa shape index (κ3) is 3.54. The number of hydroxylamine groups is 1. The summed E-state index contributed by atoms with van der Waals surface area (Å²) in [5, 5.41) is 11.1. The molecule has 0 aliphatic heterocycles. The molecule has 0 atom stereocenters. The number of carbonyl (C=O) groups is 1. The lowest BCUT2D eigenvalue weighted by atomic mass is 10.2. The molecular formula is C22H21N3O3. The minimum atomic E-state index is -0.535. The highest BCUT2D eigenvalue weighted by Gasteiger charge is 2.09.